The lowest BCUT2D eigenvalue weighted by Gasteiger charge is -2.20. The van der Waals surface area contributed by atoms with Gasteiger partial charge >= 0.3 is 5.97 Å². The predicted molar refractivity (Wildman–Crippen MR) is 126 cm³/mol. The van der Waals surface area contributed by atoms with Gasteiger partial charge in [-0.3, -0.25) is 0 Å². The number of aromatic nitrogens is 1. The van der Waals surface area contributed by atoms with Crippen LogP contribution in [0.25, 0.3) is 16.3 Å². The third kappa shape index (κ3) is 5.22. The van der Waals surface area contributed by atoms with Gasteiger partial charge in [-0.15, -0.1) is 0 Å². The highest BCUT2D eigenvalue weighted by atomic mass is 35.5. The van der Waals surface area contributed by atoms with E-state index in [4.69, 9.17) is 23.2 Å². The number of hydrogen-bond donors (Lipinski definition) is 1. The van der Waals surface area contributed by atoms with Crippen LogP contribution in [-0.2, 0) is 21.5 Å². The number of carbonyl (C=O) groups is 1. The highest BCUT2D eigenvalue weighted by molar-refractivity contribution is 8.03. The Morgan fingerprint density at radius 1 is 1.19 bits per heavy atom. The number of fused-ring (bicyclic) bond motifs is 2. The van der Waals surface area contributed by atoms with E-state index in [2.05, 4.69) is 0 Å². The molecule has 0 aliphatic carbocycles. The van der Waals surface area contributed by atoms with Gasteiger partial charge in [0, 0.05) is 33.3 Å². The first-order valence-corrected chi connectivity index (χ1v) is 13.3. The van der Waals surface area contributed by atoms with Crippen molar-refractivity contribution >= 4 is 84.4 Å². The van der Waals surface area contributed by atoms with E-state index in [0.29, 0.717) is 27.1 Å². The molecule has 168 valence electrons. The molecule has 0 bridgehead atoms. The van der Waals surface area contributed by atoms with Gasteiger partial charge in [0.15, 0.2) is 0 Å². The lowest BCUT2D eigenvalue weighted by molar-refractivity contribution is -0.657. The number of halogens is 2. The molecule has 4 rings (SSSR count). The average molecular weight is 531 g/mol. The molecule has 32 heavy (non-hydrogen) atoms. The van der Waals surface area contributed by atoms with E-state index in [1.54, 1.807) is 28.8 Å². The summed E-state index contributed by atoms with van der Waals surface area (Å²) in [4.78, 5) is 14.3. The minimum atomic E-state index is -4.33. The maximum Gasteiger partial charge on any atom is 0.370 e. The van der Waals surface area contributed by atoms with E-state index in [0.717, 1.165) is 20.3 Å². The Hall–Kier alpha value is -1.82. The molecule has 1 N–H and O–H groups in total. The fourth-order valence-electron chi connectivity index (χ4n) is 3.40. The molecule has 1 aliphatic heterocycles. The molecule has 2 aromatic carbocycles. The van der Waals surface area contributed by atoms with Crippen LogP contribution in [0, 0.1) is 0 Å². The molecular formula is C20H16Cl2N2O5S3. The van der Waals surface area contributed by atoms with Crippen molar-refractivity contribution in [1.29, 1.82) is 0 Å². The van der Waals surface area contributed by atoms with Gasteiger partial charge in [-0.1, -0.05) is 46.3 Å². The van der Waals surface area contributed by atoms with Crippen LogP contribution in [0.15, 0.2) is 46.3 Å². The highest BCUT2D eigenvalue weighted by Gasteiger charge is 2.29. The molecule has 0 radical (unpaired) electrons. The molecule has 1 aliphatic rings. The molecule has 3 aromatic rings. The molecular weight excluding hydrogens is 515 g/mol. The van der Waals surface area contributed by atoms with E-state index in [9.17, 15) is 22.9 Å². The van der Waals surface area contributed by atoms with Gasteiger partial charge in [0.2, 0.25) is 12.1 Å². The molecule has 0 amide bonds. The summed E-state index contributed by atoms with van der Waals surface area (Å²) in [5.41, 5.74) is 1.52. The maximum atomic E-state index is 11.5. The minimum Gasteiger partial charge on any atom is -0.748 e. The first-order valence-electron chi connectivity index (χ1n) is 9.34. The predicted octanol–water partition coefficient (Wildman–Crippen LogP) is 4.43. The van der Waals surface area contributed by atoms with Crippen molar-refractivity contribution in [3.05, 3.63) is 56.5 Å². The standard InChI is InChI=1S/C20H16Cl2N2O5S3/c21-12-2-4-16-14(8-12)23(6-1-7-32(27,28)29)18(30-16)10-19-24(11-20(25)26)15-9-13(22)3-5-17(15)31-19/h2-5,8-10H,1,6-7,11H2,(H-,25,26,27,28,29). The normalized spacial score (nSPS) is 15.0. The van der Waals surface area contributed by atoms with Crippen LogP contribution >= 0.6 is 46.3 Å². The number of rotatable bonds is 7. The largest absolute Gasteiger partial charge is 0.748 e. The Bertz CT molecular complexity index is 1350. The Morgan fingerprint density at radius 2 is 1.91 bits per heavy atom. The molecule has 0 saturated heterocycles. The molecule has 2 heterocycles. The molecule has 12 heteroatoms. The summed E-state index contributed by atoms with van der Waals surface area (Å²) in [5.74, 6) is -1.46. The Morgan fingerprint density at radius 3 is 2.62 bits per heavy atom. The van der Waals surface area contributed by atoms with Crippen molar-refractivity contribution in [1.82, 2.24) is 0 Å². The van der Waals surface area contributed by atoms with Crippen molar-refractivity contribution in [2.45, 2.75) is 17.9 Å². The van der Waals surface area contributed by atoms with Crippen LogP contribution < -0.4 is 9.47 Å². The molecule has 0 atom stereocenters. The second kappa shape index (κ2) is 9.20. The Labute approximate surface area is 202 Å². The highest BCUT2D eigenvalue weighted by Crippen LogP contribution is 2.47. The second-order valence-electron chi connectivity index (χ2n) is 7.00. The number of carboxylic acid groups (broad SMARTS) is 1. The van der Waals surface area contributed by atoms with Crippen LogP contribution in [0.2, 0.25) is 10.0 Å². The average Bonchev–Trinajstić information content (AvgIpc) is 3.19. The summed E-state index contributed by atoms with van der Waals surface area (Å²) in [6, 6.07) is 10.7. The van der Waals surface area contributed by atoms with Gasteiger partial charge in [-0.25, -0.2) is 13.2 Å². The number of benzene rings is 2. The fraction of sp³-hybridized carbons (Fsp3) is 0.200. The van der Waals surface area contributed by atoms with Crippen molar-refractivity contribution in [2.24, 2.45) is 0 Å². The summed E-state index contributed by atoms with van der Waals surface area (Å²) in [7, 11) is -4.33. The van der Waals surface area contributed by atoms with Crippen molar-refractivity contribution in [2.75, 3.05) is 17.2 Å². The van der Waals surface area contributed by atoms with Crippen molar-refractivity contribution in [3.8, 4) is 0 Å². The van der Waals surface area contributed by atoms with Crippen molar-refractivity contribution < 1.29 is 27.4 Å². The van der Waals surface area contributed by atoms with Gasteiger partial charge in [0.05, 0.1) is 26.9 Å². The summed E-state index contributed by atoms with van der Waals surface area (Å²) >= 11 is 15.2. The zero-order chi connectivity index (χ0) is 23.0. The number of thioether (sulfide) groups is 1. The molecule has 1 aromatic heterocycles. The summed E-state index contributed by atoms with van der Waals surface area (Å²) < 4.78 is 35.8. The summed E-state index contributed by atoms with van der Waals surface area (Å²) in [6.45, 7) is 0.0562. The van der Waals surface area contributed by atoms with Crippen molar-refractivity contribution in [3.63, 3.8) is 0 Å². The third-order valence-corrected chi connectivity index (χ3v) is 8.18. The van der Waals surface area contributed by atoms with Crippen LogP contribution in [0.5, 0.6) is 0 Å². The van der Waals surface area contributed by atoms with E-state index < -0.39 is 21.8 Å². The smallest absolute Gasteiger partial charge is 0.370 e. The third-order valence-electron chi connectivity index (χ3n) is 4.70. The first-order chi connectivity index (χ1) is 15.1. The Balaban J connectivity index is 1.77. The van der Waals surface area contributed by atoms with Gasteiger partial charge in [-0.05, 0) is 36.8 Å². The second-order valence-corrected chi connectivity index (χ2v) is 11.5. The van der Waals surface area contributed by atoms with E-state index in [1.165, 1.54) is 23.1 Å². The lowest BCUT2D eigenvalue weighted by Crippen LogP contribution is -2.39. The zero-order valence-electron chi connectivity index (χ0n) is 16.3. The number of thiazole rings is 1. The van der Waals surface area contributed by atoms with Crippen LogP contribution in [0.3, 0.4) is 0 Å². The number of hydrogen-bond acceptors (Lipinski definition) is 7. The Kier molecular flexibility index (Phi) is 6.71. The number of anilines is 1. The maximum absolute atomic E-state index is 11.5. The monoisotopic (exact) mass is 530 g/mol. The number of nitrogens with zero attached hydrogens (tertiary/aromatic N) is 2. The molecule has 0 saturated carbocycles. The van der Waals surface area contributed by atoms with Gasteiger partial charge < -0.3 is 14.6 Å². The van der Waals surface area contributed by atoms with Gasteiger partial charge in [0.1, 0.15) is 4.70 Å². The first kappa shape index (κ1) is 23.3. The van der Waals surface area contributed by atoms with Crippen LogP contribution in [-0.4, -0.2) is 36.3 Å². The zero-order valence-corrected chi connectivity index (χ0v) is 20.3. The fourth-order valence-corrected chi connectivity index (χ4v) is 6.47. The van der Waals surface area contributed by atoms with Crippen LogP contribution in [0.4, 0.5) is 5.69 Å². The quantitative estimate of drug-likeness (QED) is 0.356. The number of aliphatic carboxylic acids is 1. The SMILES string of the molecule is O=C(O)C[n+]1c(C=C2Sc3ccc(Cl)cc3N2CCCS(=O)(=O)[O-])sc2ccc(Cl)cc21. The van der Waals surface area contributed by atoms with Gasteiger partial charge in [-0.2, -0.15) is 4.57 Å². The van der Waals surface area contributed by atoms with E-state index in [1.807, 2.05) is 23.1 Å². The lowest BCUT2D eigenvalue weighted by atomic mass is 10.2. The summed E-state index contributed by atoms with van der Waals surface area (Å²) in [6.07, 6.45) is 2.01. The van der Waals surface area contributed by atoms with E-state index in [-0.39, 0.29) is 13.0 Å². The summed E-state index contributed by atoms with van der Waals surface area (Å²) in [5, 5.41) is 11.9. The minimum absolute atomic E-state index is 0.146. The topological polar surface area (TPSA) is 102 Å². The van der Waals surface area contributed by atoms with E-state index >= 15 is 0 Å². The molecule has 0 fully saturated rings. The van der Waals surface area contributed by atoms with Gasteiger partial charge in [0.25, 0.3) is 5.01 Å². The van der Waals surface area contributed by atoms with Crippen LogP contribution in [0.1, 0.15) is 11.4 Å². The number of carboxylic acids is 1. The molecule has 7 nitrogen and oxygen atoms in total. The molecule has 0 unspecified atom stereocenters. The molecule has 0 spiro atoms.